The highest BCUT2D eigenvalue weighted by atomic mass is 32.1. The number of hydrogen-bond donors (Lipinski definition) is 2. The average Bonchev–Trinajstić information content (AvgIpc) is 2.97. The zero-order valence-corrected chi connectivity index (χ0v) is 10.6. The van der Waals surface area contributed by atoms with Crippen molar-refractivity contribution >= 4 is 35.0 Å². The lowest BCUT2D eigenvalue weighted by Gasteiger charge is -1.96. The third-order valence-electron chi connectivity index (χ3n) is 2.14. The van der Waals surface area contributed by atoms with Crippen molar-refractivity contribution in [1.82, 2.24) is 9.78 Å². The van der Waals surface area contributed by atoms with Crippen LogP contribution in [0, 0.1) is 0 Å². The number of amides is 1. The number of carboxylic acid groups (broad SMARTS) is 1. The van der Waals surface area contributed by atoms with Gasteiger partial charge >= 0.3 is 5.97 Å². The Kier molecular flexibility index (Phi) is 4.09. The maximum Gasteiger partial charge on any atom is 0.325 e. The van der Waals surface area contributed by atoms with E-state index in [0.717, 1.165) is 4.88 Å². The second-order valence-electron chi connectivity index (χ2n) is 3.66. The van der Waals surface area contributed by atoms with Crippen LogP contribution in [0.15, 0.2) is 36.0 Å². The first-order valence-corrected chi connectivity index (χ1v) is 6.28. The van der Waals surface area contributed by atoms with E-state index in [1.807, 2.05) is 17.5 Å². The standard InChI is InChI=1S/C12H11N3O3S/c16-11(4-3-10-2-1-5-19-10)14-9-6-13-15(7-9)8-12(17)18/h1-7H,8H2,(H,14,16)(H,17,18)/b4-3+. The number of carboxylic acids is 1. The van der Waals surface area contributed by atoms with Crippen molar-refractivity contribution < 1.29 is 14.7 Å². The topological polar surface area (TPSA) is 84.2 Å². The molecule has 0 unspecified atom stereocenters. The summed E-state index contributed by atoms with van der Waals surface area (Å²) in [6.45, 7) is -0.235. The number of hydrogen-bond acceptors (Lipinski definition) is 4. The van der Waals surface area contributed by atoms with Crippen molar-refractivity contribution in [2.75, 3.05) is 5.32 Å². The van der Waals surface area contributed by atoms with Crippen molar-refractivity contribution in [3.63, 3.8) is 0 Å². The molecular formula is C12H11N3O3S. The summed E-state index contributed by atoms with van der Waals surface area (Å²) in [6.07, 6.45) is 5.99. The van der Waals surface area contributed by atoms with Crippen molar-refractivity contribution in [2.45, 2.75) is 6.54 Å². The summed E-state index contributed by atoms with van der Waals surface area (Å²) in [6, 6.07) is 3.80. The number of rotatable bonds is 5. The predicted octanol–water partition coefficient (Wildman–Crippen LogP) is 1.68. The molecule has 0 aliphatic rings. The van der Waals surface area contributed by atoms with E-state index in [1.54, 1.807) is 6.08 Å². The Balaban J connectivity index is 1.91. The quantitative estimate of drug-likeness (QED) is 0.814. The molecule has 0 saturated carbocycles. The lowest BCUT2D eigenvalue weighted by molar-refractivity contribution is -0.137. The molecule has 0 fully saturated rings. The van der Waals surface area contributed by atoms with Gasteiger partial charge in [0.15, 0.2) is 0 Å². The van der Waals surface area contributed by atoms with E-state index >= 15 is 0 Å². The second-order valence-corrected chi connectivity index (χ2v) is 4.64. The van der Waals surface area contributed by atoms with Gasteiger partial charge in [0.2, 0.25) is 5.91 Å². The van der Waals surface area contributed by atoms with E-state index in [4.69, 9.17) is 5.11 Å². The van der Waals surface area contributed by atoms with Gasteiger partial charge in [-0.05, 0) is 17.5 Å². The number of carbonyl (C=O) groups is 2. The summed E-state index contributed by atoms with van der Waals surface area (Å²) in [7, 11) is 0. The minimum atomic E-state index is -0.987. The number of anilines is 1. The predicted molar refractivity (Wildman–Crippen MR) is 71.8 cm³/mol. The number of carbonyl (C=O) groups excluding carboxylic acids is 1. The molecule has 7 heteroatoms. The van der Waals surface area contributed by atoms with E-state index in [0.29, 0.717) is 5.69 Å². The number of aromatic nitrogens is 2. The Labute approximate surface area is 113 Å². The fraction of sp³-hybridized carbons (Fsp3) is 0.0833. The number of nitrogens with one attached hydrogen (secondary N) is 1. The Morgan fingerprint density at radius 2 is 2.37 bits per heavy atom. The SMILES string of the molecule is O=C(O)Cn1cc(NC(=O)/C=C/c2cccs2)cn1. The Bertz CT molecular complexity index is 602. The van der Waals surface area contributed by atoms with Crippen LogP contribution in [0.5, 0.6) is 0 Å². The maximum atomic E-state index is 11.6. The van der Waals surface area contributed by atoms with Gasteiger partial charge in [-0.3, -0.25) is 14.3 Å². The van der Waals surface area contributed by atoms with Gasteiger partial charge in [0.1, 0.15) is 6.54 Å². The van der Waals surface area contributed by atoms with E-state index < -0.39 is 5.97 Å². The van der Waals surface area contributed by atoms with Crippen LogP contribution < -0.4 is 5.32 Å². The molecule has 0 saturated heterocycles. The molecule has 1 amide bonds. The zero-order chi connectivity index (χ0) is 13.7. The third-order valence-corrected chi connectivity index (χ3v) is 2.98. The number of thiophene rings is 1. The molecular weight excluding hydrogens is 266 g/mol. The van der Waals surface area contributed by atoms with E-state index in [-0.39, 0.29) is 12.5 Å². The van der Waals surface area contributed by atoms with E-state index in [2.05, 4.69) is 10.4 Å². The Morgan fingerprint density at radius 1 is 1.53 bits per heavy atom. The van der Waals surface area contributed by atoms with Gasteiger partial charge in [-0.15, -0.1) is 11.3 Å². The van der Waals surface area contributed by atoms with Crippen LogP contribution in [0.3, 0.4) is 0 Å². The number of nitrogens with zero attached hydrogens (tertiary/aromatic N) is 2. The van der Waals surface area contributed by atoms with Crippen molar-refractivity contribution in [3.8, 4) is 0 Å². The third kappa shape index (κ3) is 4.07. The minimum Gasteiger partial charge on any atom is -0.480 e. The zero-order valence-electron chi connectivity index (χ0n) is 9.81. The summed E-state index contributed by atoms with van der Waals surface area (Å²) in [4.78, 5) is 23.1. The Hall–Kier alpha value is -2.41. The van der Waals surface area contributed by atoms with Crippen molar-refractivity contribution in [3.05, 3.63) is 40.9 Å². The van der Waals surface area contributed by atoms with Crippen LogP contribution >= 0.6 is 11.3 Å². The fourth-order valence-corrected chi connectivity index (χ4v) is 2.00. The molecule has 2 rings (SSSR count). The molecule has 0 aliphatic heterocycles. The largest absolute Gasteiger partial charge is 0.480 e. The maximum absolute atomic E-state index is 11.6. The van der Waals surface area contributed by atoms with Crippen LogP contribution in [0.1, 0.15) is 4.88 Å². The highest BCUT2D eigenvalue weighted by molar-refractivity contribution is 7.10. The molecule has 2 aromatic rings. The summed E-state index contributed by atoms with van der Waals surface area (Å²) in [5.74, 6) is -1.28. The highest BCUT2D eigenvalue weighted by Crippen LogP contribution is 2.10. The molecule has 2 heterocycles. The molecule has 2 N–H and O–H groups in total. The smallest absolute Gasteiger partial charge is 0.325 e. The van der Waals surface area contributed by atoms with Gasteiger partial charge in [-0.2, -0.15) is 5.10 Å². The Morgan fingerprint density at radius 3 is 3.05 bits per heavy atom. The number of aliphatic carboxylic acids is 1. The van der Waals surface area contributed by atoms with Crippen LogP contribution in [0.25, 0.3) is 6.08 Å². The van der Waals surface area contributed by atoms with Gasteiger partial charge in [0, 0.05) is 17.2 Å². The van der Waals surface area contributed by atoms with Crippen LogP contribution in [0.2, 0.25) is 0 Å². The first-order valence-electron chi connectivity index (χ1n) is 5.40. The molecule has 19 heavy (non-hydrogen) atoms. The molecule has 6 nitrogen and oxygen atoms in total. The van der Waals surface area contributed by atoms with Crippen molar-refractivity contribution in [2.24, 2.45) is 0 Å². The molecule has 0 aromatic carbocycles. The van der Waals surface area contributed by atoms with Gasteiger partial charge in [-0.25, -0.2) is 0 Å². The first-order chi connectivity index (χ1) is 9.13. The van der Waals surface area contributed by atoms with Gasteiger partial charge < -0.3 is 10.4 Å². The van der Waals surface area contributed by atoms with Gasteiger partial charge in [0.25, 0.3) is 0 Å². The van der Waals surface area contributed by atoms with Crippen molar-refractivity contribution in [1.29, 1.82) is 0 Å². The van der Waals surface area contributed by atoms with Crippen LogP contribution in [-0.4, -0.2) is 26.8 Å². The molecule has 2 aromatic heterocycles. The molecule has 0 radical (unpaired) electrons. The van der Waals surface area contributed by atoms with Crippen LogP contribution in [0.4, 0.5) is 5.69 Å². The monoisotopic (exact) mass is 277 g/mol. The first kappa shape index (κ1) is 13.0. The summed E-state index contributed by atoms with van der Waals surface area (Å²) >= 11 is 1.53. The van der Waals surface area contributed by atoms with Gasteiger partial charge in [0.05, 0.1) is 11.9 Å². The molecule has 0 aliphatic carbocycles. The summed E-state index contributed by atoms with van der Waals surface area (Å²) < 4.78 is 1.24. The van der Waals surface area contributed by atoms with E-state index in [1.165, 1.54) is 34.5 Å². The second kappa shape index (κ2) is 5.96. The lowest BCUT2D eigenvalue weighted by Crippen LogP contribution is -2.09. The fourth-order valence-electron chi connectivity index (χ4n) is 1.38. The molecule has 0 spiro atoms. The minimum absolute atomic E-state index is 0.235. The highest BCUT2D eigenvalue weighted by Gasteiger charge is 2.04. The van der Waals surface area contributed by atoms with Crippen LogP contribution in [-0.2, 0) is 16.1 Å². The lowest BCUT2D eigenvalue weighted by atomic mass is 10.4. The summed E-state index contributed by atoms with van der Waals surface area (Å²) in [5.41, 5.74) is 0.460. The normalized spacial score (nSPS) is 10.7. The average molecular weight is 277 g/mol. The molecule has 0 bridgehead atoms. The summed E-state index contributed by atoms with van der Waals surface area (Å²) in [5, 5.41) is 16.9. The molecule has 0 atom stereocenters. The van der Waals surface area contributed by atoms with E-state index in [9.17, 15) is 9.59 Å². The van der Waals surface area contributed by atoms with Gasteiger partial charge in [-0.1, -0.05) is 6.07 Å². The molecule has 98 valence electrons.